The Morgan fingerprint density at radius 2 is 2.00 bits per heavy atom. The summed E-state index contributed by atoms with van der Waals surface area (Å²) in [5.74, 6) is -0.0494. The van der Waals surface area contributed by atoms with E-state index >= 15 is 0 Å². The van der Waals surface area contributed by atoms with Crippen molar-refractivity contribution >= 4 is 11.6 Å². The number of carbonyl (C=O) groups is 1. The topological polar surface area (TPSA) is 41.6 Å². The molecule has 74 valence electrons. The Morgan fingerprint density at radius 1 is 1.43 bits per heavy atom. The number of epoxide rings is 1. The van der Waals surface area contributed by atoms with Gasteiger partial charge in [0.1, 0.15) is 5.60 Å². The van der Waals surface area contributed by atoms with Gasteiger partial charge in [-0.2, -0.15) is 0 Å². The quantitative estimate of drug-likeness (QED) is 0.725. The summed E-state index contributed by atoms with van der Waals surface area (Å²) < 4.78 is 5.32. The summed E-state index contributed by atoms with van der Waals surface area (Å²) in [4.78, 5) is 10.8. The smallest absolute Gasteiger partial charge is 0.221 e. The molecular formula is C11H13NO2. The van der Waals surface area contributed by atoms with E-state index in [1.54, 1.807) is 0 Å². The van der Waals surface area contributed by atoms with Gasteiger partial charge in [-0.05, 0) is 24.6 Å². The molecule has 1 N–H and O–H groups in total. The van der Waals surface area contributed by atoms with Crippen molar-refractivity contribution in [2.45, 2.75) is 19.4 Å². The molecule has 0 radical (unpaired) electrons. The highest BCUT2D eigenvalue weighted by Gasteiger charge is 2.40. The molecule has 0 aliphatic carbocycles. The first-order valence-corrected chi connectivity index (χ1v) is 4.62. The predicted octanol–water partition coefficient (Wildman–Crippen LogP) is 1.89. The van der Waals surface area contributed by atoms with Gasteiger partial charge in [0.05, 0.1) is 6.61 Å². The van der Waals surface area contributed by atoms with Gasteiger partial charge < -0.3 is 10.1 Å². The number of nitrogens with one attached hydrogen (secondary N) is 1. The molecule has 1 aliphatic heterocycles. The molecule has 14 heavy (non-hydrogen) atoms. The molecule has 1 unspecified atom stereocenters. The lowest BCUT2D eigenvalue weighted by Gasteiger charge is -2.07. The van der Waals surface area contributed by atoms with Crippen molar-refractivity contribution in [1.29, 1.82) is 0 Å². The fraction of sp³-hybridized carbons (Fsp3) is 0.364. The van der Waals surface area contributed by atoms with E-state index in [4.69, 9.17) is 4.74 Å². The van der Waals surface area contributed by atoms with Gasteiger partial charge in [0.25, 0.3) is 0 Å². The lowest BCUT2D eigenvalue weighted by Crippen LogP contribution is -2.06. The number of hydrogen-bond acceptors (Lipinski definition) is 2. The van der Waals surface area contributed by atoms with Gasteiger partial charge in [-0.3, -0.25) is 4.79 Å². The standard InChI is InChI=1S/C11H13NO2/c1-8(13)12-10-5-3-9(4-6-10)11(2)7-14-11/h3-6H,7H2,1-2H3,(H,12,13). The molecule has 1 amide bonds. The second-order valence-corrected chi connectivity index (χ2v) is 3.78. The molecule has 1 atom stereocenters. The Bertz CT molecular complexity index is 352. The highest BCUT2D eigenvalue weighted by Crippen LogP contribution is 2.38. The van der Waals surface area contributed by atoms with Gasteiger partial charge in [0, 0.05) is 12.6 Å². The van der Waals surface area contributed by atoms with Crippen molar-refractivity contribution in [3.8, 4) is 0 Å². The maximum Gasteiger partial charge on any atom is 0.221 e. The van der Waals surface area contributed by atoms with Crippen molar-refractivity contribution in [3.05, 3.63) is 29.8 Å². The Balaban J connectivity index is 2.14. The highest BCUT2D eigenvalue weighted by molar-refractivity contribution is 5.88. The Hall–Kier alpha value is -1.35. The molecule has 1 aromatic rings. The molecule has 3 nitrogen and oxygen atoms in total. The fourth-order valence-electron chi connectivity index (χ4n) is 1.38. The van der Waals surface area contributed by atoms with Crippen molar-refractivity contribution in [2.75, 3.05) is 11.9 Å². The van der Waals surface area contributed by atoms with E-state index in [-0.39, 0.29) is 11.5 Å². The number of hydrogen-bond donors (Lipinski definition) is 1. The average molecular weight is 191 g/mol. The van der Waals surface area contributed by atoms with E-state index in [2.05, 4.69) is 12.2 Å². The van der Waals surface area contributed by atoms with E-state index < -0.39 is 0 Å². The zero-order valence-electron chi connectivity index (χ0n) is 8.33. The van der Waals surface area contributed by atoms with Crippen LogP contribution in [0.2, 0.25) is 0 Å². The highest BCUT2D eigenvalue weighted by atomic mass is 16.6. The van der Waals surface area contributed by atoms with Crippen LogP contribution in [0.1, 0.15) is 19.4 Å². The second-order valence-electron chi connectivity index (χ2n) is 3.78. The number of carbonyl (C=O) groups excluding carboxylic acids is 1. The molecule has 1 aromatic carbocycles. The Morgan fingerprint density at radius 3 is 2.43 bits per heavy atom. The van der Waals surface area contributed by atoms with Crippen LogP contribution in [0, 0.1) is 0 Å². The summed E-state index contributed by atoms with van der Waals surface area (Å²) >= 11 is 0. The summed E-state index contributed by atoms with van der Waals surface area (Å²) in [7, 11) is 0. The SMILES string of the molecule is CC(=O)Nc1ccc(C2(C)CO2)cc1. The molecule has 0 bridgehead atoms. The predicted molar refractivity (Wildman–Crippen MR) is 54.0 cm³/mol. The third-order valence-corrected chi connectivity index (χ3v) is 2.39. The second kappa shape index (κ2) is 3.10. The lowest BCUT2D eigenvalue weighted by molar-refractivity contribution is -0.114. The molecule has 1 saturated heterocycles. The van der Waals surface area contributed by atoms with Crippen LogP contribution in [0.4, 0.5) is 5.69 Å². The fourth-order valence-corrected chi connectivity index (χ4v) is 1.38. The summed E-state index contributed by atoms with van der Waals surface area (Å²) in [5.41, 5.74) is 1.89. The van der Waals surface area contributed by atoms with Crippen molar-refractivity contribution in [2.24, 2.45) is 0 Å². The zero-order chi connectivity index (χ0) is 10.2. The molecule has 2 rings (SSSR count). The molecule has 0 saturated carbocycles. The zero-order valence-corrected chi connectivity index (χ0v) is 8.33. The number of ether oxygens (including phenoxy) is 1. The number of anilines is 1. The van der Waals surface area contributed by atoms with E-state index in [0.29, 0.717) is 0 Å². The maximum atomic E-state index is 10.8. The summed E-state index contributed by atoms with van der Waals surface area (Å²) in [6.45, 7) is 4.34. The van der Waals surface area contributed by atoms with Gasteiger partial charge in [-0.1, -0.05) is 12.1 Å². The van der Waals surface area contributed by atoms with Gasteiger partial charge >= 0.3 is 0 Å². The minimum absolute atomic E-state index is 0.0494. The third kappa shape index (κ3) is 1.77. The summed E-state index contributed by atoms with van der Waals surface area (Å²) in [6, 6.07) is 7.75. The molecule has 0 spiro atoms. The van der Waals surface area contributed by atoms with Crippen LogP contribution in [0.3, 0.4) is 0 Å². The normalized spacial score (nSPS) is 24.4. The van der Waals surface area contributed by atoms with Gasteiger partial charge in [-0.25, -0.2) is 0 Å². The Kier molecular flexibility index (Phi) is 2.04. The average Bonchev–Trinajstić information content (AvgIpc) is 2.85. The van der Waals surface area contributed by atoms with Crippen molar-refractivity contribution in [1.82, 2.24) is 0 Å². The molecule has 1 fully saturated rings. The van der Waals surface area contributed by atoms with Gasteiger partial charge in [0.2, 0.25) is 5.91 Å². The van der Waals surface area contributed by atoms with Crippen LogP contribution in [-0.2, 0) is 15.1 Å². The number of amides is 1. The lowest BCUT2D eigenvalue weighted by atomic mass is 10.0. The molecular weight excluding hydrogens is 178 g/mol. The van der Waals surface area contributed by atoms with Crippen LogP contribution in [0.15, 0.2) is 24.3 Å². The van der Waals surface area contributed by atoms with Crippen LogP contribution >= 0.6 is 0 Å². The summed E-state index contributed by atoms with van der Waals surface area (Å²) in [5, 5.41) is 2.72. The molecule has 1 heterocycles. The van der Waals surface area contributed by atoms with E-state index in [9.17, 15) is 4.79 Å². The largest absolute Gasteiger partial charge is 0.365 e. The van der Waals surface area contributed by atoms with Crippen molar-refractivity contribution < 1.29 is 9.53 Å². The third-order valence-electron chi connectivity index (χ3n) is 2.39. The number of rotatable bonds is 2. The first kappa shape index (κ1) is 9.21. The van der Waals surface area contributed by atoms with Crippen LogP contribution in [0.5, 0.6) is 0 Å². The maximum absolute atomic E-state index is 10.8. The van der Waals surface area contributed by atoms with Gasteiger partial charge in [0.15, 0.2) is 0 Å². The Labute approximate surface area is 83.1 Å². The minimum Gasteiger partial charge on any atom is -0.365 e. The molecule has 0 aromatic heterocycles. The first-order valence-electron chi connectivity index (χ1n) is 4.62. The minimum atomic E-state index is -0.0885. The number of benzene rings is 1. The van der Waals surface area contributed by atoms with Gasteiger partial charge in [-0.15, -0.1) is 0 Å². The van der Waals surface area contributed by atoms with Crippen LogP contribution in [-0.4, -0.2) is 12.5 Å². The van der Waals surface area contributed by atoms with E-state index in [1.807, 2.05) is 24.3 Å². The first-order chi connectivity index (χ1) is 6.60. The molecule has 3 heteroatoms. The monoisotopic (exact) mass is 191 g/mol. The summed E-state index contributed by atoms with van der Waals surface area (Å²) in [6.07, 6.45) is 0. The van der Waals surface area contributed by atoms with E-state index in [0.717, 1.165) is 17.9 Å². The molecule has 1 aliphatic rings. The van der Waals surface area contributed by atoms with E-state index in [1.165, 1.54) is 6.92 Å². The van der Waals surface area contributed by atoms with Crippen LogP contribution in [0.25, 0.3) is 0 Å². The van der Waals surface area contributed by atoms with Crippen molar-refractivity contribution in [3.63, 3.8) is 0 Å². The van der Waals surface area contributed by atoms with Crippen LogP contribution < -0.4 is 5.32 Å².